The summed E-state index contributed by atoms with van der Waals surface area (Å²) >= 11 is 0. The standard InChI is InChI=1S/C50H56F3N9O4/c1-33-28-60(42-15-10-37(11-16-42)43-17-19-45(63)58-48(43)65)29-34(2)62(33)30-36-21-24-59(25-22-36)46(64)32-61-31-40(27-56-61)39-12-18-44(55-26-39)57-49(66)47(38-6-4-3-5-7-38)54-23-20-35-8-13-41(14-9-35)50(51,52)53/h3-16,18,26-27,31,33-34,36,43,47,54H,17,19-25,28-30,32H2,1-2H3,(H,55,57,66)(H,58,63,65)/t33-,34+,43?,47?. The molecule has 4 amide bonds. The molecule has 3 N–H and O–H groups in total. The number of hydrogen-bond acceptors (Lipinski definition) is 9. The fourth-order valence-corrected chi connectivity index (χ4v) is 9.42. The average molecular weight is 904 g/mol. The van der Waals surface area contributed by atoms with Crippen LogP contribution in [0.25, 0.3) is 11.1 Å². The first-order chi connectivity index (χ1) is 31.8. The Morgan fingerprint density at radius 1 is 0.848 bits per heavy atom. The zero-order chi connectivity index (χ0) is 46.4. The molecule has 4 atom stereocenters. The molecule has 3 aliphatic rings. The molecule has 3 fully saturated rings. The van der Waals surface area contributed by atoms with Crippen molar-refractivity contribution in [1.29, 1.82) is 0 Å². The van der Waals surface area contributed by atoms with Crippen molar-refractivity contribution in [2.45, 2.75) is 82.7 Å². The number of imide groups is 1. The van der Waals surface area contributed by atoms with Gasteiger partial charge in [-0.2, -0.15) is 18.3 Å². The highest BCUT2D eigenvalue weighted by Crippen LogP contribution is 2.31. The molecule has 3 aliphatic heterocycles. The molecule has 0 aliphatic carbocycles. The summed E-state index contributed by atoms with van der Waals surface area (Å²) in [5.41, 5.74) is 4.38. The van der Waals surface area contributed by atoms with Crippen molar-refractivity contribution in [3.63, 3.8) is 0 Å². The molecule has 2 unspecified atom stereocenters. The number of anilines is 2. The minimum absolute atomic E-state index is 0.0270. The molecule has 3 saturated heterocycles. The molecule has 5 aromatic rings. The van der Waals surface area contributed by atoms with Crippen molar-refractivity contribution in [2.24, 2.45) is 5.92 Å². The number of benzene rings is 3. The molecular formula is C50H56F3N9O4. The highest BCUT2D eigenvalue weighted by Gasteiger charge is 2.34. The van der Waals surface area contributed by atoms with Crippen LogP contribution >= 0.6 is 0 Å². The number of amides is 4. The third-order valence-corrected chi connectivity index (χ3v) is 13.2. The van der Waals surface area contributed by atoms with Crippen LogP contribution in [0.4, 0.5) is 24.7 Å². The molecule has 2 aromatic heterocycles. The van der Waals surface area contributed by atoms with Crippen molar-refractivity contribution in [1.82, 2.24) is 35.2 Å². The molecule has 0 bridgehead atoms. The van der Waals surface area contributed by atoms with E-state index in [1.807, 2.05) is 59.6 Å². The number of aromatic nitrogens is 3. The summed E-state index contributed by atoms with van der Waals surface area (Å²) in [5.74, 6) is -0.169. The van der Waals surface area contributed by atoms with Gasteiger partial charge in [0.2, 0.25) is 23.6 Å². The lowest BCUT2D eigenvalue weighted by Gasteiger charge is -2.47. The van der Waals surface area contributed by atoms with Crippen LogP contribution in [0.15, 0.2) is 110 Å². The number of alkyl halides is 3. The van der Waals surface area contributed by atoms with E-state index in [-0.39, 0.29) is 36.1 Å². The van der Waals surface area contributed by atoms with Crippen LogP contribution in [0.1, 0.15) is 73.7 Å². The summed E-state index contributed by atoms with van der Waals surface area (Å²) in [6.45, 7) is 9.24. The Kier molecular flexibility index (Phi) is 14.3. The van der Waals surface area contributed by atoms with Gasteiger partial charge in [0.15, 0.2) is 0 Å². The predicted molar refractivity (Wildman–Crippen MR) is 245 cm³/mol. The fourth-order valence-electron chi connectivity index (χ4n) is 9.42. The maximum Gasteiger partial charge on any atom is 0.416 e. The van der Waals surface area contributed by atoms with E-state index in [9.17, 15) is 32.3 Å². The van der Waals surface area contributed by atoms with E-state index in [0.717, 1.165) is 72.5 Å². The number of likely N-dealkylation sites (tertiary alicyclic amines) is 1. The van der Waals surface area contributed by atoms with Crippen LogP contribution in [-0.4, -0.2) is 99.5 Å². The number of nitrogens with zero attached hydrogens (tertiary/aromatic N) is 6. The van der Waals surface area contributed by atoms with Crippen LogP contribution in [0.5, 0.6) is 0 Å². The number of rotatable bonds is 14. The van der Waals surface area contributed by atoms with E-state index >= 15 is 0 Å². The smallest absolute Gasteiger partial charge is 0.368 e. The number of piperazine rings is 1. The van der Waals surface area contributed by atoms with Gasteiger partial charge in [-0.1, -0.05) is 54.6 Å². The van der Waals surface area contributed by atoms with Gasteiger partial charge in [0, 0.05) is 87.0 Å². The maximum absolute atomic E-state index is 13.5. The van der Waals surface area contributed by atoms with Crippen molar-refractivity contribution in [3.8, 4) is 11.1 Å². The number of nitrogens with one attached hydrogen (secondary N) is 3. The number of carbonyl (C=O) groups excluding carboxylic acids is 4. The molecule has 66 heavy (non-hydrogen) atoms. The molecule has 5 heterocycles. The van der Waals surface area contributed by atoms with Gasteiger partial charge < -0.3 is 20.4 Å². The van der Waals surface area contributed by atoms with Crippen molar-refractivity contribution >= 4 is 35.1 Å². The molecule has 13 nitrogen and oxygen atoms in total. The first-order valence-electron chi connectivity index (χ1n) is 22.7. The Morgan fingerprint density at radius 2 is 1.56 bits per heavy atom. The fraction of sp³-hybridized carbons (Fsp3) is 0.400. The average Bonchev–Trinajstić information content (AvgIpc) is 3.78. The van der Waals surface area contributed by atoms with Gasteiger partial charge in [0.1, 0.15) is 18.4 Å². The number of hydrogen-bond donors (Lipinski definition) is 3. The van der Waals surface area contributed by atoms with Gasteiger partial charge in [-0.05, 0) is 98.5 Å². The summed E-state index contributed by atoms with van der Waals surface area (Å²) in [6, 6.07) is 25.9. The lowest BCUT2D eigenvalue weighted by atomic mass is 9.90. The van der Waals surface area contributed by atoms with Gasteiger partial charge in [0.05, 0.1) is 17.7 Å². The van der Waals surface area contributed by atoms with Crippen LogP contribution in [-0.2, 0) is 38.3 Å². The van der Waals surface area contributed by atoms with Crippen molar-refractivity contribution in [2.75, 3.05) is 49.5 Å². The summed E-state index contributed by atoms with van der Waals surface area (Å²) < 4.78 is 40.6. The van der Waals surface area contributed by atoms with Gasteiger partial charge in [-0.25, -0.2) is 4.98 Å². The topological polar surface area (TPSA) is 145 Å². The van der Waals surface area contributed by atoms with Gasteiger partial charge in [-0.3, -0.25) is 34.1 Å². The van der Waals surface area contributed by atoms with E-state index in [2.05, 4.69) is 61.8 Å². The summed E-state index contributed by atoms with van der Waals surface area (Å²) in [5, 5.41) is 13.0. The molecular weight excluding hydrogens is 848 g/mol. The zero-order valence-corrected chi connectivity index (χ0v) is 37.2. The summed E-state index contributed by atoms with van der Waals surface area (Å²) in [7, 11) is 0. The monoisotopic (exact) mass is 903 g/mol. The summed E-state index contributed by atoms with van der Waals surface area (Å²) in [6.07, 6.45) is 3.97. The first kappa shape index (κ1) is 46.2. The van der Waals surface area contributed by atoms with Crippen molar-refractivity contribution in [3.05, 3.63) is 132 Å². The molecule has 16 heteroatoms. The summed E-state index contributed by atoms with van der Waals surface area (Å²) in [4.78, 5) is 62.4. The highest BCUT2D eigenvalue weighted by atomic mass is 19.4. The van der Waals surface area contributed by atoms with Crippen LogP contribution in [0.3, 0.4) is 0 Å². The number of halogens is 3. The lowest BCUT2D eigenvalue weighted by Crippen LogP contribution is -2.58. The third kappa shape index (κ3) is 11.3. The number of pyridine rings is 1. The van der Waals surface area contributed by atoms with Crippen LogP contribution in [0.2, 0.25) is 0 Å². The van der Waals surface area contributed by atoms with Gasteiger partial charge >= 0.3 is 6.18 Å². The second kappa shape index (κ2) is 20.4. The van der Waals surface area contributed by atoms with Crippen molar-refractivity contribution < 1.29 is 32.3 Å². The lowest BCUT2D eigenvalue weighted by molar-refractivity contribution is -0.138. The third-order valence-electron chi connectivity index (χ3n) is 13.2. The molecule has 3 aromatic carbocycles. The molecule has 8 rings (SSSR count). The molecule has 0 radical (unpaired) electrons. The minimum Gasteiger partial charge on any atom is -0.368 e. The number of carbonyl (C=O) groups is 4. The van der Waals surface area contributed by atoms with E-state index in [0.29, 0.717) is 68.3 Å². The second-order valence-electron chi connectivity index (χ2n) is 17.8. The SMILES string of the molecule is C[C@@H]1CN(c2ccc(C3CCC(=O)NC3=O)cc2)C[C@H](C)N1CC1CCN(C(=O)Cn2cc(-c3ccc(NC(=O)C(NCCc4ccc(C(F)(F)F)cc4)c4ccccc4)nc3)cn2)CC1. The Hall–Kier alpha value is -6.39. The van der Waals surface area contributed by atoms with E-state index in [1.165, 1.54) is 12.1 Å². The maximum atomic E-state index is 13.5. The quantitative estimate of drug-likeness (QED) is 0.102. The van der Waals surface area contributed by atoms with E-state index in [1.54, 1.807) is 23.1 Å². The van der Waals surface area contributed by atoms with E-state index in [4.69, 9.17) is 0 Å². The molecule has 346 valence electrons. The largest absolute Gasteiger partial charge is 0.416 e. The Balaban J connectivity index is 0.780. The minimum atomic E-state index is -4.40. The van der Waals surface area contributed by atoms with E-state index < -0.39 is 17.8 Å². The molecule has 0 spiro atoms. The second-order valence-corrected chi connectivity index (χ2v) is 17.8. The van der Waals surface area contributed by atoms with Crippen LogP contribution < -0.4 is 20.9 Å². The Bertz CT molecular complexity index is 2440. The van der Waals surface area contributed by atoms with Crippen LogP contribution in [0, 0.1) is 5.92 Å². The van der Waals surface area contributed by atoms with Gasteiger partial charge in [-0.15, -0.1) is 0 Å². The Labute approximate surface area is 382 Å². The zero-order valence-electron chi connectivity index (χ0n) is 37.2. The normalized spacial score (nSPS) is 20.2. The van der Waals surface area contributed by atoms with Gasteiger partial charge in [0.25, 0.3) is 0 Å². The predicted octanol–water partition coefficient (Wildman–Crippen LogP) is 6.83. The highest BCUT2D eigenvalue weighted by molar-refractivity contribution is 6.01. The Morgan fingerprint density at radius 3 is 2.21 bits per heavy atom. The molecule has 0 saturated carbocycles. The number of piperidine rings is 2. The first-order valence-corrected chi connectivity index (χ1v) is 22.7.